The first-order valence-corrected chi connectivity index (χ1v) is 9.65. The molecule has 2 aromatic carbocycles. The number of benzene rings is 2. The van der Waals surface area contributed by atoms with Crippen LogP contribution in [0.1, 0.15) is 5.56 Å². The van der Waals surface area contributed by atoms with Crippen LogP contribution in [0.25, 0.3) is 0 Å². The number of carbonyl (C=O) groups is 1. The Labute approximate surface area is 165 Å². The maximum atomic E-state index is 12.2. The van der Waals surface area contributed by atoms with Gasteiger partial charge in [-0.1, -0.05) is 35.9 Å². The van der Waals surface area contributed by atoms with E-state index in [9.17, 15) is 4.79 Å². The summed E-state index contributed by atoms with van der Waals surface area (Å²) < 4.78 is 5.45. The van der Waals surface area contributed by atoms with Gasteiger partial charge in [-0.3, -0.25) is 9.69 Å². The molecule has 0 radical (unpaired) electrons. The first-order chi connectivity index (χ1) is 13.2. The van der Waals surface area contributed by atoms with Crippen molar-refractivity contribution < 1.29 is 9.53 Å². The zero-order valence-electron chi connectivity index (χ0n) is 15.7. The van der Waals surface area contributed by atoms with E-state index in [1.807, 2.05) is 42.5 Å². The van der Waals surface area contributed by atoms with Crippen molar-refractivity contribution in [3.63, 3.8) is 0 Å². The van der Waals surface area contributed by atoms with Crippen LogP contribution in [0.4, 0.5) is 5.69 Å². The molecule has 1 heterocycles. The van der Waals surface area contributed by atoms with E-state index in [0.717, 1.165) is 49.1 Å². The van der Waals surface area contributed by atoms with Gasteiger partial charge in [0.05, 0.1) is 19.3 Å². The molecule has 1 N–H and O–H groups in total. The van der Waals surface area contributed by atoms with Crippen LogP contribution in [-0.4, -0.2) is 57.2 Å². The van der Waals surface area contributed by atoms with Gasteiger partial charge in [-0.15, -0.1) is 0 Å². The normalized spacial score (nSPS) is 14.8. The first kappa shape index (κ1) is 19.5. The molecule has 1 aliphatic rings. The van der Waals surface area contributed by atoms with Gasteiger partial charge in [-0.25, -0.2) is 0 Å². The summed E-state index contributed by atoms with van der Waals surface area (Å²) in [6.07, 6.45) is 0.810. The highest BCUT2D eigenvalue weighted by Gasteiger charge is 2.20. The summed E-state index contributed by atoms with van der Waals surface area (Å²) in [6, 6.07) is 15.8. The van der Waals surface area contributed by atoms with E-state index < -0.39 is 0 Å². The van der Waals surface area contributed by atoms with Gasteiger partial charge in [-0.2, -0.15) is 0 Å². The number of nitrogens with zero attached hydrogens (tertiary/aromatic N) is 2. The maximum Gasteiger partial charge on any atom is 0.234 e. The summed E-state index contributed by atoms with van der Waals surface area (Å²) in [5.74, 6) is 0.973. The van der Waals surface area contributed by atoms with Gasteiger partial charge < -0.3 is 15.0 Å². The minimum Gasteiger partial charge on any atom is -0.495 e. The number of hydrogen-bond donors (Lipinski definition) is 1. The third kappa shape index (κ3) is 5.62. The highest BCUT2D eigenvalue weighted by molar-refractivity contribution is 6.30. The molecule has 2 aromatic rings. The molecule has 6 heteroatoms. The maximum absolute atomic E-state index is 12.2. The Kier molecular flexibility index (Phi) is 6.96. The molecule has 0 aliphatic carbocycles. The molecule has 0 atom stereocenters. The van der Waals surface area contributed by atoms with E-state index in [4.69, 9.17) is 16.3 Å². The molecule has 1 saturated heterocycles. The number of methoxy groups -OCH3 is 1. The second-order valence-corrected chi connectivity index (χ2v) is 7.10. The van der Waals surface area contributed by atoms with Gasteiger partial charge >= 0.3 is 0 Å². The van der Waals surface area contributed by atoms with E-state index in [-0.39, 0.29) is 5.91 Å². The Morgan fingerprint density at radius 2 is 1.78 bits per heavy atom. The second kappa shape index (κ2) is 9.62. The van der Waals surface area contributed by atoms with Crippen LogP contribution in [0.2, 0.25) is 5.02 Å². The molecule has 27 heavy (non-hydrogen) atoms. The Morgan fingerprint density at radius 1 is 1.07 bits per heavy atom. The molecular weight excluding hydrogens is 362 g/mol. The van der Waals surface area contributed by atoms with Gasteiger partial charge in [0.15, 0.2) is 0 Å². The van der Waals surface area contributed by atoms with Crippen LogP contribution < -0.4 is 15.0 Å². The second-order valence-electron chi connectivity index (χ2n) is 6.66. The molecule has 0 spiro atoms. The molecule has 0 saturated carbocycles. The summed E-state index contributed by atoms with van der Waals surface area (Å²) in [6.45, 7) is 4.59. The summed E-state index contributed by atoms with van der Waals surface area (Å²) in [4.78, 5) is 16.7. The standard InChI is InChI=1S/C21H26ClN3O2/c1-27-20-5-3-2-4-19(20)25-14-12-24(13-15-25)16-21(26)23-11-10-17-6-8-18(22)9-7-17/h2-9H,10-16H2,1H3,(H,23,26). The molecule has 144 valence electrons. The SMILES string of the molecule is COc1ccccc1N1CCN(CC(=O)NCCc2ccc(Cl)cc2)CC1. The highest BCUT2D eigenvalue weighted by atomic mass is 35.5. The lowest BCUT2D eigenvalue weighted by Crippen LogP contribution is -2.49. The molecular formula is C21H26ClN3O2. The number of rotatable bonds is 7. The van der Waals surface area contributed by atoms with Crippen molar-refractivity contribution in [1.29, 1.82) is 0 Å². The average Bonchev–Trinajstić information content (AvgIpc) is 2.70. The number of anilines is 1. The number of halogens is 1. The van der Waals surface area contributed by atoms with Crippen LogP contribution in [0, 0.1) is 0 Å². The number of hydrogen-bond acceptors (Lipinski definition) is 4. The van der Waals surface area contributed by atoms with E-state index in [1.54, 1.807) is 7.11 Å². The predicted octanol–water partition coefficient (Wildman–Crippen LogP) is 2.83. The van der Waals surface area contributed by atoms with Crippen molar-refractivity contribution >= 4 is 23.2 Å². The minimum atomic E-state index is 0.0784. The number of para-hydroxylation sites is 2. The lowest BCUT2D eigenvalue weighted by atomic mass is 10.1. The van der Waals surface area contributed by atoms with E-state index in [0.29, 0.717) is 13.1 Å². The van der Waals surface area contributed by atoms with Crippen LogP contribution in [-0.2, 0) is 11.2 Å². The van der Waals surface area contributed by atoms with Crippen molar-refractivity contribution in [2.45, 2.75) is 6.42 Å². The Hall–Kier alpha value is -2.24. The monoisotopic (exact) mass is 387 g/mol. The first-order valence-electron chi connectivity index (χ1n) is 9.27. The molecule has 0 aromatic heterocycles. The summed E-state index contributed by atoms with van der Waals surface area (Å²) in [7, 11) is 1.70. The van der Waals surface area contributed by atoms with Crippen LogP contribution in [0.3, 0.4) is 0 Å². The Balaban J connectivity index is 1.39. The van der Waals surface area contributed by atoms with Crippen LogP contribution in [0.5, 0.6) is 5.75 Å². The highest BCUT2D eigenvalue weighted by Crippen LogP contribution is 2.28. The zero-order valence-corrected chi connectivity index (χ0v) is 16.4. The van der Waals surface area contributed by atoms with E-state index in [1.165, 1.54) is 5.56 Å². The fraction of sp³-hybridized carbons (Fsp3) is 0.381. The van der Waals surface area contributed by atoms with E-state index in [2.05, 4.69) is 21.2 Å². The quantitative estimate of drug-likeness (QED) is 0.793. The van der Waals surface area contributed by atoms with Gasteiger partial charge in [0, 0.05) is 37.7 Å². The van der Waals surface area contributed by atoms with Crippen molar-refractivity contribution in [3.8, 4) is 5.75 Å². The number of piperazine rings is 1. The zero-order chi connectivity index (χ0) is 19.1. The smallest absolute Gasteiger partial charge is 0.234 e. The Morgan fingerprint density at radius 3 is 2.48 bits per heavy atom. The molecule has 1 amide bonds. The van der Waals surface area contributed by atoms with Gasteiger partial charge in [-0.05, 0) is 36.2 Å². The van der Waals surface area contributed by atoms with Gasteiger partial charge in [0.2, 0.25) is 5.91 Å². The molecule has 0 unspecified atom stereocenters. The molecule has 3 rings (SSSR count). The molecule has 5 nitrogen and oxygen atoms in total. The van der Waals surface area contributed by atoms with Crippen LogP contribution in [0.15, 0.2) is 48.5 Å². The van der Waals surface area contributed by atoms with Crippen molar-refractivity contribution in [2.24, 2.45) is 0 Å². The summed E-state index contributed by atoms with van der Waals surface area (Å²) >= 11 is 5.89. The lowest BCUT2D eigenvalue weighted by Gasteiger charge is -2.36. The third-order valence-electron chi connectivity index (χ3n) is 4.81. The summed E-state index contributed by atoms with van der Waals surface area (Å²) in [5.41, 5.74) is 2.29. The van der Waals surface area contributed by atoms with Crippen molar-refractivity contribution in [2.75, 3.05) is 51.3 Å². The van der Waals surface area contributed by atoms with E-state index >= 15 is 0 Å². The van der Waals surface area contributed by atoms with Crippen molar-refractivity contribution in [1.82, 2.24) is 10.2 Å². The summed E-state index contributed by atoms with van der Waals surface area (Å²) in [5, 5.41) is 3.74. The third-order valence-corrected chi connectivity index (χ3v) is 5.07. The molecule has 0 bridgehead atoms. The topological polar surface area (TPSA) is 44.8 Å². The van der Waals surface area contributed by atoms with Gasteiger partial charge in [0.25, 0.3) is 0 Å². The van der Waals surface area contributed by atoms with Crippen molar-refractivity contribution in [3.05, 3.63) is 59.1 Å². The lowest BCUT2D eigenvalue weighted by molar-refractivity contribution is -0.122. The Bertz CT molecular complexity index is 743. The minimum absolute atomic E-state index is 0.0784. The fourth-order valence-electron chi connectivity index (χ4n) is 3.29. The number of nitrogens with one attached hydrogen (secondary N) is 1. The molecule has 1 fully saturated rings. The number of carbonyl (C=O) groups excluding carboxylic acids is 1. The predicted molar refractivity (Wildman–Crippen MR) is 110 cm³/mol. The largest absolute Gasteiger partial charge is 0.495 e. The number of ether oxygens (including phenoxy) is 1. The average molecular weight is 388 g/mol. The number of amides is 1. The van der Waals surface area contributed by atoms with Gasteiger partial charge in [0.1, 0.15) is 5.75 Å². The fourth-order valence-corrected chi connectivity index (χ4v) is 3.42. The molecule has 1 aliphatic heterocycles. The van der Waals surface area contributed by atoms with Crippen LogP contribution >= 0.6 is 11.6 Å².